The molecular weight excluding hydrogens is 318 g/mol. The van der Waals surface area contributed by atoms with Crippen LogP contribution in [0.5, 0.6) is 5.75 Å². The van der Waals surface area contributed by atoms with Gasteiger partial charge in [-0.25, -0.2) is 4.79 Å². The van der Waals surface area contributed by atoms with E-state index in [2.05, 4.69) is 5.32 Å². The first kappa shape index (κ1) is 18.5. The van der Waals surface area contributed by atoms with Crippen LogP contribution in [0, 0.1) is 13.8 Å². The first-order valence-electron chi connectivity index (χ1n) is 8.16. The fraction of sp³-hybridized carbons (Fsp3) is 0.300. The van der Waals surface area contributed by atoms with E-state index in [1.807, 2.05) is 45.0 Å². The number of esters is 1. The molecule has 5 heteroatoms. The second-order valence-corrected chi connectivity index (χ2v) is 5.79. The van der Waals surface area contributed by atoms with Gasteiger partial charge >= 0.3 is 5.97 Å². The molecule has 0 fully saturated rings. The van der Waals surface area contributed by atoms with Crippen molar-refractivity contribution in [1.29, 1.82) is 0 Å². The number of ether oxygens (including phenoxy) is 2. The number of amides is 1. The Hall–Kier alpha value is -2.82. The summed E-state index contributed by atoms with van der Waals surface area (Å²) in [6, 6.07) is 11.1. The summed E-state index contributed by atoms with van der Waals surface area (Å²) in [5.74, 6) is -0.539. The lowest BCUT2D eigenvalue weighted by Crippen LogP contribution is -2.22. The monoisotopic (exact) mass is 341 g/mol. The summed E-state index contributed by atoms with van der Waals surface area (Å²) >= 11 is 0. The molecule has 25 heavy (non-hydrogen) atoms. The minimum absolute atomic E-state index is 0.306. The lowest BCUT2D eigenvalue weighted by Gasteiger charge is -2.13. The highest BCUT2D eigenvalue weighted by Crippen LogP contribution is 2.22. The molecule has 0 radical (unpaired) electrons. The third-order valence-corrected chi connectivity index (χ3v) is 3.91. The molecule has 0 saturated heterocycles. The molecule has 132 valence electrons. The number of para-hydroxylation sites is 1. The Balaban J connectivity index is 2.03. The Morgan fingerprint density at radius 1 is 1.12 bits per heavy atom. The smallest absolute Gasteiger partial charge is 0.342 e. The zero-order valence-corrected chi connectivity index (χ0v) is 15.0. The molecule has 1 amide bonds. The maximum atomic E-state index is 12.2. The van der Waals surface area contributed by atoms with E-state index in [4.69, 9.17) is 9.47 Å². The number of carbonyl (C=O) groups excluding carboxylic acids is 2. The lowest BCUT2D eigenvalue weighted by molar-refractivity contribution is -0.119. The van der Waals surface area contributed by atoms with Gasteiger partial charge in [0.05, 0.1) is 7.11 Å². The number of anilines is 1. The minimum atomic E-state index is -0.587. The molecule has 0 atom stereocenters. The zero-order chi connectivity index (χ0) is 18.4. The van der Waals surface area contributed by atoms with E-state index < -0.39 is 5.97 Å². The topological polar surface area (TPSA) is 64.6 Å². The van der Waals surface area contributed by atoms with Gasteiger partial charge in [-0.3, -0.25) is 4.79 Å². The molecule has 0 aliphatic heterocycles. The highest BCUT2D eigenvalue weighted by atomic mass is 16.5. The summed E-state index contributed by atoms with van der Waals surface area (Å²) in [5.41, 5.74) is 4.00. The van der Waals surface area contributed by atoms with Gasteiger partial charge in [-0.05, 0) is 43.5 Å². The van der Waals surface area contributed by atoms with Crippen LogP contribution < -0.4 is 10.1 Å². The Kier molecular flexibility index (Phi) is 6.17. The van der Waals surface area contributed by atoms with Crippen molar-refractivity contribution in [3.63, 3.8) is 0 Å². The first-order chi connectivity index (χ1) is 12.0. The number of hydrogen-bond donors (Lipinski definition) is 1. The van der Waals surface area contributed by atoms with E-state index >= 15 is 0 Å². The van der Waals surface area contributed by atoms with Gasteiger partial charge < -0.3 is 14.8 Å². The Morgan fingerprint density at radius 3 is 2.56 bits per heavy atom. The number of rotatable bonds is 6. The third-order valence-electron chi connectivity index (χ3n) is 3.91. The first-order valence-corrected chi connectivity index (χ1v) is 8.16. The number of benzene rings is 2. The van der Waals surface area contributed by atoms with Crippen molar-refractivity contribution in [3.05, 3.63) is 58.7 Å². The van der Waals surface area contributed by atoms with Gasteiger partial charge in [0.2, 0.25) is 0 Å². The summed E-state index contributed by atoms with van der Waals surface area (Å²) in [6.07, 6.45) is 0.803. The van der Waals surface area contributed by atoms with Gasteiger partial charge in [-0.1, -0.05) is 36.8 Å². The highest BCUT2D eigenvalue weighted by Gasteiger charge is 2.16. The van der Waals surface area contributed by atoms with Crippen molar-refractivity contribution in [2.45, 2.75) is 27.2 Å². The molecule has 0 unspecified atom stereocenters. The van der Waals surface area contributed by atoms with Crippen LogP contribution in [0.2, 0.25) is 0 Å². The molecular formula is C20H23NO4. The van der Waals surface area contributed by atoms with Crippen LogP contribution in [0.4, 0.5) is 5.69 Å². The number of aryl methyl sites for hydroxylation is 3. The molecule has 0 aliphatic rings. The van der Waals surface area contributed by atoms with Crippen LogP contribution in [0.25, 0.3) is 0 Å². The van der Waals surface area contributed by atoms with Crippen molar-refractivity contribution in [3.8, 4) is 5.75 Å². The molecule has 0 spiro atoms. The molecule has 2 aromatic rings. The summed E-state index contributed by atoms with van der Waals surface area (Å²) < 4.78 is 10.3. The van der Waals surface area contributed by atoms with Gasteiger partial charge in [0.15, 0.2) is 6.61 Å². The second kappa shape index (κ2) is 8.33. The Bertz CT molecular complexity index is 783. The molecule has 0 aromatic heterocycles. The summed E-state index contributed by atoms with van der Waals surface area (Å²) in [6.45, 7) is 5.47. The predicted molar refractivity (Wildman–Crippen MR) is 97.2 cm³/mol. The molecule has 1 N–H and O–H groups in total. The van der Waals surface area contributed by atoms with Gasteiger partial charge in [0, 0.05) is 5.69 Å². The SMILES string of the molecule is CCc1cccc(C)c1NC(=O)COC(=O)c1cc(C)ccc1OC. The third kappa shape index (κ3) is 4.59. The van der Waals surface area contributed by atoms with E-state index in [0.717, 1.165) is 28.8 Å². The van der Waals surface area contributed by atoms with Crippen LogP contribution in [-0.2, 0) is 16.0 Å². The van der Waals surface area contributed by atoms with Crippen molar-refractivity contribution in [2.75, 3.05) is 19.0 Å². The average Bonchev–Trinajstić information content (AvgIpc) is 2.61. The van der Waals surface area contributed by atoms with Crippen molar-refractivity contribution in [1.82, 2.24) is 0 Å². The van der Waals surface area contributed by atoms with Crippen LogP contribution in [0.1, 0.15) is 34.0 Å². The number of hydrogen-bond acceptors (Lipinski definition) is 4. The normalized spacial score (nSPS) is 10.2. The fourth-order valence-corrected chi connectivity index (χ4v) is 2.57. The Morgan fingerprint density at radius 2 is 1.88 bits per heavy atom. The summed E-state index contributed by atoms with van der Waals surface area (Å²) in [5, 5.41) is 2.83. The Labute approximate surface area is 148 Å². The fourth-order valence-electron chi connectivity index (χ4n) is 2.57. The van der Waals surface area contributed by atoms with Crippen molar-refractivity contribution in [2.24, 2.45) is 0 Å². The van der Waals surface area contributed by atoms with Crippen molar-refractivity contribution < 1.29 is 19.1 Å². The zero-order valence-electron chi connectivity index (χ0n) is 15.0. The van der Waals surface area contributed by atoms with E-state index in [1.165, 1.54) is 7.11 Å². The number of methoxy groups -OCH3 is 1. The molecule has 2 aromatic carbocycles. The largest absolute Gasteiger partial charge is 0.496 e. The average molecular weight is 341 g/mol. The molecule has 0 heterocycles. The second-order valence-electron chi connectivity index (χ2n) is 5.79. The van der Waals surface area contributed by atoms with Gasteiger partial charge in [0.25, 0.3) is 5.91 Å². The van der Waals surface area contributed by atoms with E-state index in [1.54, 1.807) is 12.1 Å². The molecule has 0 bridgehead atoms. The highest BCUT2D eigenvalue weighted by molar-refractivity contribution is 5.97. The van der Waals surface area contributed by atoms with Crippen LogP contribution >= 0.6 is 0 Å². The predicted octanol–water partition coefficient (Wildman–Crippen LogP) is 3.67. The number of nitrogens with one attached hydrogen (secondary N) is 1. The van der Waals surface area contributed by atoms with E-state index in [0.29, 0.717) is 11.3 Å². The van der Waals surface area contributed by atoms with E-state index in [-0.39, 0.29) is 12.5 Å². The molecule has 0 aliphatic carbocycles. The summed E-state index contributed by atoms with van der Waals surface area (Å²) in [7, 11) is 1.48. The maximum Gasteiger partial charge on any atom is 0.342 e. The quantitative estimate of drug-likeness (QED) is 0.814. The standard InChI is InChI=1S/C20H23NO4/c1-5-15-8-6-7-14(3)19(15)21-18(22)12-25-20(23)16-11-13(2)9-10-17(16)24-4/h6-11H,5,12H2,1-4H3,(H,21,22). The minimum Gasteiger partial charge on any atom is -0.496 e. The molecule has 2 rings (SSSR count). The molecule has 5 nitrogen and oxygen atoms in total. The molecule has 0 saturated carbocycles. The van der Waals surface area contributed by atoms with Crippen molar-refractivity contribution >= 4 is 17.6 Å². The van der Waals surface area contributed by atoms with Crippen LogP contribution in [-0.4, -0.2) is 25.6 Å². The van der Waals surface area contributed by atoms with Crippen LogP contribution in [0.3, 0.4) is 0 Å². The van der Waals surface area contributed by atoms with Gasteiger partial charge in [-0.15, -0.1) is 0 Å². The number of carbonyl (C=O) groups is 2. The van der Waals surface area contributed by atoms with Gasteiger partial charge in [-0.2, -0.15) is 0 Å². The van der Waals surface area contributed by atoms with Gasteiger partial charge in [0.1, 0.15) is 11.3 Å². The summed E-state index contributed by atoms with van der Waals surface area (Å²) in [4.78, 5) is 24.4. The lowest BCUT2D eigenvalue weighted by atomic mass is 10.1. The van der Waals surface area contributed by atoms with Crippen LogP contribution in [0.15, 0.2) is 36.4 Å². The maximum absolute atomic E-state index is 12.2. The van der Waals surface area contributed by atoms with E-state index in [9.17, 15) is 9.59 Å².